The van der Waals surface area contributed by atoms with Crippen molar-refractivity contribution in [2.45, 2.75) is 66.2 Å². The summed E-state index contributed by atoms with van der Waals surface area (Å²) in [5, 5.41) is 23.0. The van der Waals surface area contributed by atoms with Crippen molar-refractivity contribution >= 4 is 17.1 Å². The maximum absolute atomic E-state index is 10.2. The number of hydrogen-bond donors (Lipinski definition) is 4. The van der Waals surface area contributed by atoms with Crippen LogP contribution in [-0.2, 0) is 17.1 Å². The van der Waals surface area contributed by atoms with Crippen molar-refractivity contribution in [1.82, 2.24) is 14.6 Å². The lowest BCUT2D eigenvalue weighted by molar-refractivity contribution is -0.155. The second-order valence-corrected chi connectivity index (χ2v) is 11.0. The molecular formula is C33H47N5O3. The smallest absolute Gasteiger partial charge is 0.204 e. The highest BCUT2D eigenvalue weighted by Gasteiger charge is 2.25. The fourth-order valence-corrected chi connectivity index (χ4v) is 5.01. The zero-order valence-corrected chi connectivity index (χ0v) is 25.4. The number of aryl methyl sites for hydroxylation is 1. The molecule has 0 aliphatic carbocycles. The molecule has 0 radical (unpaired) electrons. The standard InChI is InChI=1S/C27H41N5O3.C6H6/c1-7-17(2)14-21(25(19(4)28)31(6)29)15-23-18(3)22-8-9-24(27(5,33)34)30-26(22)32(23)16-20-10-12-35-13-11-20;1-2-4-6-5-3-1/h8-9,14-15,20,33-34H,7,10-13,16,28-29H2,1-6H3;1-6H/b17-14+,21-15+,25-19-;. The molecule has 1 aromatic carbocycles. The third kappa shape index (κ3) is 8.53. The quantitative estimate of drug-likeness (QED) is 0.127. The minimum atomic E-state index is -2.02. The summed E-state index contributed by atoms with van der Waals surface area (Å²) >= 11 is 0. The van der Waals surface area contributed by atoms with Gasteiger partial charge in [0.15, 0.2) is 0 Å². The van der Waals surface area contributed by atoms with Crippen LogP contribution in [0.5, 0.6) is 0 Å². The number of allylic oxidation sites excluding steroid dienone is 3. The van der Waals surface area contributed by atoms with Gasteiger partial charge in [-0.15, -0.1) is 0 Å². The first-order chi connectivity index (χ1) is 19.4. The predicted molar refractivity (Wildman–Crippen MR) is 167 cm³/mol. The molecule has 8 nitrogen and oxygen atoms in total. The second kappa shape index (κ2) is 14.5. The molecule has 1 saturated heterocycles. The van der Waals surface area contributed by atoms with E-state index in [0.29, 0.717) is 11.6 Å². The average molecular weight is 562 g/mol. The number of rotatable bonds is 8. The number of hydrogen-bond acceptors (Lipinski definition) is 7. The van der Waals surface area contributed by atoms with Crippen LogP contribution in [-0.4, -0.2) is 45.0 Å². The van der Waals surface area contributed by atoms with E-state index >= 15 is 0 Å². The van der Waals surface area contributed by atoms with Crippen molar-refractivity contribution in [2.75, 3.05) is 20.3 Å². The minimum absolute atomic E-state index is 0.216. The second-order valence-electron chi connectivity index (χ2n) is 11.0. The van der Waals surface area contributed by atoms with Gasteiger partial charge in [0.25, 0.3) is 0 Å². The summed E-state index contributed by atoms with van der Waals surface area (Å²) in [6.07, 6.45) is 7.10. The fourth-order valence-electron chi connectivity index (χ4n) is 5.01. The Morgan fingerprint density at radius 2 is 1.71 bits per heavy atom. The van der Waals surface area contributed by atoms with Crippen molar-refractivity contribution in [3.8, 4) is 0 Å². The van der Waals surface area contributed by atoms with Crippen LogP contribution in [0.15, 0.2) is 77.1 Å². The maximum atomic E-state index is 10.2. The number of aromatic nitrogens is 2. The Hall–Kier alpha value is -3.43. The number of likely N-dealkylation sites (N-methyl/N-ethyl adjacent to an activating group) is 1. The Morgan fingerprint density at radius 1 is 1.12 bits per heavy atom. The van der Waals surface area contributed by atoms with Crippen LogP contribution in [0, 0.1) is 12.8 Å². The van der Waals surface area contributed by atoms with Crippen molar-refractivity contribution in [1.29, 1.82) is 0 Å². The topological polar surface area (TPSA) is 123 Å². The molecule has 3 heterocycles. The Bertz CT molecular complexity index is 1340. The van der Waals surface area contributed by atoms with Gasteiger partial charge >= 0.3 is 0 Å². The molecule has 0 unspecified atom stereocenters. The van der Waals surface area contributed by atoms with Crippen molar-refractivity contribution in [3.05, 3.63) is 94.1 Å². The van der Waals surface area contributed by atoms with Crippen molar-refractivity contribution < 1.29 is 14.9 Å². The van der Waals surface area contributed by atoms with E-state index in [9.17, 15) is 10.2 Å². The molecule has 3 aromatic rings. The third-order valence-electron chi connectivity index (χ3n) is 7.39. The van der Waals surface area contributed by atoms with Crippen molar-refractivity contribution in [2.24, 2.45) is 17.5 Å². The van der Waals surface area contributed by atoms with Crippen LogP contribution in [0.3, 0.4) is 0 Å². The highest BCUT2D eigenvalue weighted by Crippen LogP contribution is 2.32. The molecule has 1 aliphatic heterocycles. The van der Waals surface area contributed by atoms with Crippen LogP contribution in [0.25, 0.3) is 17.1 Å². The number of pyridine rings is 1. The van der Waals surface area contributed by atoms with Gasteiger partial charge in [0.05, 0.1) is 5.70 Å². The highest BCUT2D eigenvalue weighted by atomic mass is 16.5. The fraction of sp³-hybridized carbons (Fsp3) is 0.424. The molecule has 0 atom stereocenters. The van der Waals surface area contributed by atoms with E-state index in [1.54, 1.807) is 18.1 Å². The molecular weight excluding hydrogens is 514 g/mol. The number of hydrazine groups is 1. The summed E-state index contributed by atoms with van der Waals surface area (Å²) in [5.41, 5.74) is 12.8. The number of fused-ring (bicyclic) bond motifs is 1. The normalized spacial score (nSPS) is 15.8. The first kappa shape index (κ1) is 32.1. The lowest BCUT2D eigenvalue weighted by Gasteiger charge is -2.24. The summed E-state index contributed by atoms with van der Waals surface area (Å²) in [6, 6.07) is 15.6. The Balaban J connectivity index is 0.000000681. The van der Waals surface area contributed by atoms with E-state index < -0.39 is 5.79 Å². The maximum Gasteiger partial charge on any atom is 0.204 e. The molecule has 0 spiro atoms. The van der Waals surface area contributed by atoms with E-state index in [-0.39, 0.29) is 5.69 Å². The number of benzene rings is 1. The molecule has 4 rings (SSSR count). The molecule has 0 bridgehead atoms. The van der Waals surface area contributed by atoms with Gasteiger partial charge in [-0.25, -0.2) is 10.8 Å². The van der Waals surface area contributed by atoms with Gasteiger partial charge < -0.3 is 30.3 Å². The molecule has 6 N–H and O–H groups in total. The Morgan fingerprint density at radius 3 is 2.20 bits per heavy atom. The summed E-state index contributed by atoms with van der Waals surface area (Å²) in [6.45, 7) is 11.7. The lowest BCUT2D eigenvalue weighted by atomic mass is 10.00. The average Bonchev–Trinajstić information content (AvgIpc) is 3.19. The van der Waals surface area contributed by atoms with Gasteiger partial charge in [0.1, 0.15) is 11.3 Å². The van der Waals surface area contributed by atoms with Crippen LogP contribution in [0.2, 0.25) is 0 Å². The Labute approximate surface area is 244 Å². The summed E-state index contributed by atoms with van der Waals surface area (Å²) in [5.74, 6) is 4.63. The highest BCUT2D eigenvalue weighted by molar-refractivity contribution is 5.86. The van der Waals surface area contributed by atoms with Crippen LogP contribution in [0.4, 0.5) is 0 Å². The molecule has 8 heteroatoms. The van der Waals surface area contributed by atoms with Gasteiger partial charge in [-0.3, -0.25) is 0 Å². The van der Waals surface area contributed by atoms with E-state index in [2.05, 4.69) is 37.5 Å². The van der Waals surface area contributed by atoms with Gasteiger partial charge in [0.2, 0.25) is 5.79 Å². The molecule has 2 aromatic heterocycles. The number of nitrogens with zero attached hydrogens (tertiary/aromatic N) is 3. The number of nitrogens with two attached hydrogens (primary N) is 2. The number of ether oxygens (including phenoxy) is 1. The zero-order chi connectivity index (χ0) is 30.2. The number of aliphatic hydroxyl groups is 2. The summed E-state index contributed by atoms with van der Waals surface area (Å²) in [7, 11) is 1.79. The molecule has 0 amide bonds. The van der Waals surface area contributed by atoms with Crippen LogP contribution < -0.4 is 11.6 Å². The predicted octanol–water partition coefficient (Wildman–Crippen LogP) is 5.35. The van der Waals surface area contributed by atoms with Crippen LogP contribution in [0.1, 0.15) is 63.9 Å². The summed E-state index contributed by atoms with van der Waals surface area (Å²) in [4.78, 5) is 4.71. The lowest BCUT2D eigenvalue weighted by Crippen LogP contribution is -2.28. The largest absolute Gasteiger partial charge is 0.401 e. The molecule has 222 valence electrons. The van der Waals surface area contributed by atoms with Gasteiger partial charge in [-0.05, 0) is 76.6 Å². The van der Waals surface area contributed by atoms with Crippen LogP contribution >= 0.6 is 0 Å². The first-order valence-corrected chi connectivity index (χ1v) is 14.3. The Kier molecular flexibility index (Phi) is 11.3. The van der Waals surface area contributed by atoms with Crippen molar-refractivity contribution in [3.63, 3.8) is 0 Å². The molecule has 1 aliphatic rings. The van der Waals surface area contributed by atoms with E-state index in [4.69, 9.17) is 21.3 Å². The van der Waals surface area contributed by atoms with Gasteiger partial charge in [-0.2, -0.15) is 0 Å². The first-order valence-electron chi connectivity index (χ1n) is 14.3. The molecule has 1 fully saturated rings. The van der Waals surface area contributed by atoms with Gasteiger partial charge in [-0.1, -0.05) is 55.0 Å². The third-order valence-corrected chi connectivity index (χ3v) is 7.39. The minimum Gasteiger partial charge on any atom is -0.401 e. The van der Waals surface area contributed by atoms with Gasteiger partial charge in [0, 0.05) is 49.2 Å². The summed E-state index contributed by atoms with van der Waals surface area (Å²) < 4.78 is 7.78. The SMILES string of the molecule is CC/C(C)=C/C(=C\c1c(C)c2ccc(C(C)(O)O)nc2n1CC1CCOCC1)C(=C(\C)N)/N(C)N.c1ccccc1. The monoisotopic (exact) mass is 561 g/mol. The van der Waals surface area contributed by atoms with E-state index in [0.717, 1.165) is 72.6 Å². The molecule has 41 heavy (non-hydrogen) atoms. The zero-order valence-electron chi connectivity index (χ0n) is 25.4. The molecule has 0 saturated carbocycles. The van der Waals surface area contributed by atoms with E-state index in [1.807, 2.05) is 49.4 Å². The van der Waals surface area contributed by atoms with E-state index in [1.165, 1.54) is 12.5 Å².